The Bertz CT molecular complexity index is 431. The molecule has 0 saturated carbocycles. The maximum absolute atomic E-state index is 11.5. The van der Waals surface area contributed by atoms with E-state index in [0.717, 1.165) is 45.8 Å². The van der Waals surface area contributed by atoms with E-state index in [4.69, 9.17) is 4.74 Å². The standard InChI is InChI=1S/C14H23N5O2/c1-2-15-14(20)12-4-5-13(18-17-12)16-6-3-7-19-8-10-21-11-9-19/h4-5H,2-3,6-11H2,1H3,(H,15,20)(H,16,18). The molecule has 0 aromatic carbocycles. The average Bonchev–Trinajstić information content (AvgIpc) is 2.53. The number of nitrogens with zero attached hydrogens (tertiary/aromatic N) is 3. The second-order valence-corrected chi connectivity index (χ2v) is 4.90. The Labute approximate surface area is 125 Å². The van der Waals surface area contributed by atoms with Crippen molar-refractivity contribution in [2.24, 2.45) is 0 Å². The molecule has 1 aliphatic rings. The number of anilines is 1. The maximum atomic E-state index is 11.5. The normalized spacial score (nSPS) is 15.7. The van der Waals surface area contributed by atoms with Crippen LogP contribution in [0.2, 0.25) is 0 Å². The first-order valence-electron chi connectivity index (χ1n) is 7.45. The molecule has 0 atom stereocenters. The Kier molecular flexibility index (Phi) is 6.36. The summed E-state index contributed by atoms with van der Waals surface area (Å²) in [5.41, 5.74) is 0.343. The number of morpholine rings is 1. The predicted molar refractivity (Wildman–Crippen MR) is 80.4 cm³/mol. The van der Waals surface area contributed by atoms with E-state index in [-0.39, 0.29) is 5.91 Å². The van der Waals surface area contributed by atoms with E-state index in [0.29, 0.717) is 18.1 Å². The van der Waals surface area contributed by atoms with Crippen molar-refractivity contribution in [3.05, 3.63) is 17.8 Å². The molecule has 1 aromatic heterocycles. The molecule has 116 valence electrons. The lowest BCUT2D eigenvalue weighted by Gasteiger charge is -2.26. The third-order valence-corrected chi connectivity index (χ3v) is 3.30. The molecule has 1 aromatic rings. The molecule has 2 N–H and O–H groups in total. The molecule has 2 heterocycles. The highest BCUT2D eigenvalue weighted by Crippen LogP contribution is 2.03. The Morgan fingerprint density at radius 1 is 1.33 bits per heavy atom. The van der Waals surface area contributed by atoms with E-state index in [9.17, 15) is 4.79 Å². The van der Waals surface area contributed by atoms with Crippen LogP contribution >= 0.6 is 0 Å². The van der Waals surface area contributed by atoms with Gasteiger partial charge in [-0.1, -0.05) is 0 Å². The van der Waals surface area contributed by atoms with Gasteiger partial charge in [0.1, 0.15) is 5.82 Å². The molecule has 0 radical (unpaired) electrons. The number of hydrogen-bond donors (Lipinski definition) is 2. The van der Waals surface area contributed by atoms with Crippen LogP contribution in [-0.2, 0) is 4.74 Å². The third kappa shape index (κ3) is 5.28. The summed E-state index contributed by atoms with van der Waals surface area (Å²) in [6, 6.07) is 3.47. The van der Waals surface area contributed by atoms with Crippen molar-refractivity contribution in [2.75, 3.05) is 51.3 Å². The number of aromatic nitrogens is 2. The first kappa shape index (κ1) is 15.7. The summed E-state index contributed by atoms with van der Waals surface area (Å²) >= 11 is 0. The van der Waals surface area contributed by atoms with Crippen molar-refractivity contribution in [2.45, 2.75) is 13.3 Å². The fraction of sp³-hybridized carbons (Fsp3) is 0.643. The first-order chi connectivity index (χ1) is 10.3. The number of carbonyl (C=O) groups excluding carboxylic acids is 1. The molecule has 0 aliphatic carbocycles. The highest BCUT2D eigenvalue weighted by molar-refractivity contribution is 5.92. The Morgan fingerprint density at radius 2 is 2.14 bits per heavy atom. The summed E-state index contributed by atoms with van der Waals surface area (Å²) in [5, 5.41) is 13.8. The predicted octanol–water partition coefficient (Wildman–Crippen LogP) is 0.361. The summed E-state index contributed by atoms with van der Waals surface area (Å²) in [5.74, 6) is 0.508. The number of nitrogens with one attached hydrogen (secondary N) is 2. The summed E-state index contributed by atoms with van der Waals surface area (Å²) < 4.78 is 5.31. The van der Waals surface area contributed by atoms with Crippen molar-refractivity contribution in [3.63, 3.8) is 0 Å². The van der Waals surface area contributed by atoms with Crippen LogP contribution < -0.4 is 10.6 Å². The lowest BCUT2D eigenvalue weighted by atomic mass is 10.3. The minimum Gasteiger partial charge on any atom is -0.379 e. The number of hydrogen-bond acceptors (Lipinski definition) is 6. The lowest BCUT2D eigenvalue weighted by molar-refractivity contribution is 0.0378. The molecule has 1 amide bonds. The molecule has 1 fully saturated rings. The van der Waals surface area contributed by atoms with Crippen LogP contribution in [0, 0.1) is 0 Å². The zero-order valence-electron chi connectivity index (χ0n) is 12.5. The van der Waals surface area contributed by atoms with Crippen molar-refractivity contribution < 1.29 is 9.53 Å². The number of amides is 1. The van der Waals surface area contributed by atoms with Gasteiger partial charge in [-0.15, -0.1) is 10.2 Å². The van der Waals surface area contributed by atoms with Gasteiger partial charge in [0.25, 0.3) is 5.91 Å². The van der Waals surface area contributed by atoms with Crippen LogP contribution in [0.15, 0.2) is 12.1 Å². The largest absolute Gasteiger partial charge is 0.379 e. The van der Waals surface area contributed by atoms with Gasteiger partial charge in [0.2, 0.25) is 0 Å². The summed E-state index contributed by atoms with van der Waals surface area (Å²) in [6.45, 7) is 8.05. The quantitative estimate of drug-likeness (QED) is 0.707. The molecule has 0 unspecified atom stereocenters. The van der Waals surface area contributed by atoms with Crippen LogP contribution in [0.25, 0.3) is 0 Å². The zero-order valence-corrected chi connectivity index (χ0v) is 12.5. The van der Waals surface area contributed by atoms with Crippen LogP contribution in [0.3, 0.4) is 0 Å². The fourth-order valence-corrected chi connectivity index (χ4v) is 2.14. The van der Waals surface area contributed by atoms with E-state index in [1.54, 1.807) is 12.1 Å². The van der Waals surface area contributed by atoms with E-state index in [2.05, 4.69) is 25.7 Å². The molecule has 0 bridgehead atoms. The van der Waals surface area contributed by atoms with Crippen molar-refractivity contribution in [1.29, 1.82) is 0 Å². The van der Waals surface area contributed by atoms with Gasteiger partial charge in [-0.2, -0.15) is 0 Å². The number of rotatable bonds is 7. The van der Waals surface area contributed by atoms with Crippen molar-refractivity contribution >= 4 is 11.7 Å². The molecule has 21 heavy (non-hydrogen) atoms. The third-order valence-electron chi connectivity index (χ3n) is 3.30. The number of carbonyl (C=O) groups is 1. The molecule has 7 heteroatoms. The molecular formula is C14H23N5O2. The smallest absolute Gasteiger partial charge is 0.271 e. The van der Waals surface area contributed by atoms with Gasteiger partial charge in [-0.25, -0.2) is 0 Å². The highest BCUT2D eigenvalue weighted by atomic mass is 16.5. The minimum atomic E-state index is -0.191. The van der Waals surface area contributed by atoms with Gasteiger partial charge in [0.15, 0.2) is 5.69 Å². The van der Waals surface area contributed by atoms with Crippen molar-refractivity contribution in [1.82, 2.24) is 20.4 Å². The van der Waals surface area contributed by atoms with Gasteiger partial charge < -0.3 is 15.4 Å². The second-order valence-electron chi connectivity index (χ2n) is 4.90. The minimum absolute atomic E-state index is 0.191. The first-order valence-corrected chi connectivity index (χ1v) is 7.45. The topological polar surface area (TPSA) is 79.4 Å². The van der Waals surface area contributed by atoms with Crippen LogP contribution in [0.5, 0.6) is 0 Å². The lowest BCUT2D eigenvalue weighted by Crippen LogP contribution is -2.37. The zero-order chi connectivity index (χ0) is 14.9. The van der Waals surface area contributed by atoms with E-state index < -0.39 is 0 Å². The Morgan fingerprint density at radius 3 is 2.81 bits per heavy atom. The monoisotopic (exact) mass is 293 g/mol. The van der Waals surface area contributed by atoms with Crippen LogP contribution in [0.4, 0.5) is 5.82 Å². The molecular weight excluding hydrogens is 270 g/mol. The van der Waals surface area contributed by atoms with Gasteiger partial charge in [-0.05, 0) is 32.0 Å². The summed E-state index contributed by atoms with van der Waals surface area (Å²) in [7, 11) is 0. The molecule has 0 spiro atoms. The summed E-state index contributed by atoms with van der Waals surface area (Å²) in [6.07, 6.45) is 1.04. The fourth-order valence-electron chi connectivity index (χ4n) is 2.14. The Balaban J connectivity index is 1.67. The van der Waals surface area contributed by atoms with E-state index in [1.165, 1.54) is 0 Å². The summed E-state index contributed by atoms with van der Waals surface area (Å²) in [4.78, 5) is 13.9. The van der Waals surface area contributed by atoms with Gasteiger partial charge in [0, 0.05) is 26.2 Å². The van der Waals surface area contributed by atoms with E-state index >= 15 is 0 Å². The molecule has 1 saturated heterocycles. The Hall–Kier alpha value is -1.73. The number of ether oxygens (including phenoxy) is 1. The van der Waals surface area contributed by atoms with Gasteiger partial charge in [0.05, 0.1) is 13.2 Å². The maximum Gasteiger partial charge on any atom is 0.271 e. The molecule has 7 nitrogen and oxygen atoms in total. The average molecular weight is 293 g/mol. The van der Waals surface area contributed by atoms with E-state index in [1.807, 2.05) is 6.92 Å². The van der Waals surface area contributed by atoms with Gasteiger partial charge in [-0.3, -0.25) is 9.69 Å². The second kappa shape index (κ2) is 8.53. The molecule has 1 aliphatic heterocycles. The van der Waals surface area contributed by atoms with Crippen LogP contribution in [0.1, 0.15) is 23.8 Å². The van der Waals surface area contributed by atoms with Crippen LogP contribution in [-0.4, -0.2) is 66.9 Å². The highest BCUT2D eigenvalue weighted by Gasteiger charge is 2.09. The van der Waals surface area contributed by atoms with Crippen molar-refractivity contribution in [3.8, 4) is 0 Å². The molecule has 2 rings (SSSR count). The van der Waals surface area contributed by atoms with Gasteiger partial charge >= 0.3 is 0 Å². The SMILES string of the molecule is CCNC(=O)c1ccc(NCCCN2CCOCC2)nn1.